The molecule has 2 atom stereocenters. The van der Waals surface area contributed by atoms with Crippen molar-refractivity contribution in [2.24, 2.45) is 0 Å². The summed E-state index contributed by atoms with van der Waals surface area (Å²) in [5, 5.41) is 0. The van der Waals surface area contributed by atoms with Gasteiger partial charge in [0.25, 0.3) is 0 Å². The molecule has 0 aromatic rings. The highest BCUT2D eigenvalue weighted by atomic mass is 35.5. The van der Waals surface area contributed by atoms with Gasteiger partial charge in [-0.1, -0.05) is 117 Å². The number of unbranched alkanes of at least 4 members (excludes halogenated alkanes) is 14. The van der Waals surface area contributed by atoms with Crippen LogP contribution < -0.4 is 0 Å². The molecule has 30 heavy (non-hydrogen) atoms. The third-order valence-corrected chi connectivity index (χ3v) is 9.55. The van der Waals surface area contributed by atoms with Crippen LogP contribution in [0.5, 0.6) is 0 Å². The van der Waals surface area contributed by atoms with E-state index in [0.29, 0.717) is 5.54 Å². The van der Waals surface area contributed by atoms with Crippen molar-refractivity contribution in [3.05, 3.63) is 0 Å². The van der Waals surface area contributed by atoms with Gasteiger partial charge >= 0.3 is 6.09 Å². The van der Waals surface area contributed by atoms with E-state index >= 15 is 0 Å². The molecule has 0 aliphatic heterocycles. The SMILES string of the molecule is CCCCCCCCCCCCCCCCCC(CCl)[SiH2]C(CC)OC(=O)N(C)C. The van der Waals surface area contributed by atoms with Crippen LogP contribution in [0, 0.1) is 0 Å². The van der Waals surface area contributed by atoms with Crippen molar-refractivity contribution in [1.82, 2.24) is 4.90 Å². The van der Waals surface area contributed by atoms with Gasteiger partial charge in [0, 0.05) is 20.0 Å². The van der Waals surface area contributed by atoms with Gasteiger partial charge in [0.1, 0.15) is 0 Å². The molecular weight excluding hydrogens is 410 g/mol. The fraction of sp³-hybridized carbons (Fsp3) is 0.960. The van der Waals surface area contributed by atoms with Gasteiger partial charge in [0.05, 0.1) is 15.2 Å². The summed E-state index contributed by atoms with van der Waals surface area (Å²) in [6.45, 7) is 4.40. The van der Waals surface area contributed by atoms with Crippen LogP contribution >= 0.6 is 11.6 Å². The summed E-state index contributed by atoms with van der Waals surface area (Å²) in [7, 11) is 2.98. The lowest BCUT2D eigenvalue weighted by Crippen LogP contribution is -2.32. The van der Waals surface area contributed by atoms with Crippen molar-refractivity contribution in [1.29, 1.82) is 0 Å². The lowest BCUT2D eigenvalue weighted by atomic mass is 10.0. The molecule has 0 radical (unpaired) electrons. The smallest absolute Gasteiger partial charge is 0.409 e. The molecule has 3 nitrogen and oxygen atoms in total. The van der Waals surface area contributed by atoms with Gasteiger partial charge in [-0.2, -0.15) is 0 Å². The predicted molar refractivity (Wildman–Crippen MR) is 137 cm³/mol. The Bertz CT molecular complexity index is 382. The second kappa shape index (κ2) is 22.0. The highest BCUT2D eigenvalue weighted by Crippen LogP contribution is 2.21. The summed E-state index contributed by atoms with van der Waals surface area (Å²) >= 11 is 6.22. The van der Waals surface area contributed by atoms with Gasteiger partial charge < -0.3 is 9.64 Å². The number of hydrogen-bond acceptors (Lipinski definition) is 2. The Labute approximate surface area is 195 Å². The van der Waals surface area contributed by atoms with Gasteiger partial charge in [-0.05, 0) is 12.0 Å². The molecule has 180 valence electrons. The molecule has 0 N–H and O–H groups in total. The third-order valence-electron chi connectivity index (χ3n) is 6.12. The molecule has 0 aliphatic rings. The van der Waals surface area contributed by atoms with Crippen LogP contribution in [0.4, 0.5) is 4.79 Å². The first-order chi connectivity index (χ1) is 14.5. The topological polar surface area (TPSA) is 29.5 Å². The predicted octanol–water partition coefficient (Wildman–Crippen LogP) is 7.88. The van der Waals surface area contributed by atoms with E-state index in [1.165, 1.54) is 108 Å². The van der Waals surface area contributed by atoms with Crippen LogP contribution in [0.15, 0.2) is 0 Å². The first-order valence-electron chi connectivity index (χ1n) is 13.0. The molecule has 5 heteroatoms. The average Bonchev–Trinajstić information content (AvgIpc) is 2.74. The van der Waals surface area contributed by atoms with Crippen molar-refractivity contribution in [2.75, 3.05) is 20.0 Å². The number of halogens is 1. The largest absolute Gasteiger partial charge is 0.451 e. The van der Waals surface area contributed by atoms with E-state index in [2.05, 4.69) is 13.8 Å². The van der Waals surface area contributed by atoms with E-state index in [1.807, 2.05) is 0 Å². The zero-order chi connectivity index (χ0) is 22.5. The van der Waals surface area contributed by atoms with Crippen LogP contribution in [0.3, 0.4) is 0 Å². The molecule has 0 heterocycles. The summed E-state index contributed by atoms with van der Waals surface area (Å²) in [4.78, 5) is 13.3. The lowest BCUT2D eigenvalue weighted by Gasteiger charge is -2.22. The number of hydrogen-bond donors (Lipinski definition) is 0. The monoisotopic (exact) mass is 461 g/mol. The second-order valence-electron chi connectivity index (χ2n) is 9.30. The van der Waals surface area contributed by atoms with Gasteiger partial charge in [-0.3, -0.25) is 0 Å². The van der Waals surface area contributed by atoms with Crippen molar-refractivity contribution in [2.45, 2.75) is 134 Å². The van der Waals surface area contributed by atoms with Crippen LogP contribution in [0.2, 0.25) is 5.54 Å². The van der Waals surface area contributed by atoms with E-state index in [4.69, 9.17) is 16.3 Å². The van der Waals surface area contributed by atoms with Gasteiger partial charge in [0.15, 0.2) is 0 Å². The number of nitrogens with zero attached hydrogens (tertiary/aromatic N) is 1. The molecule has 1 amide bonds. The van der Waals surface area contributed by atoms with Crippen molar-refractivity contribution < 1.29 is 9.53 Å². The Kier molecular flexibility index (Phi) is 21.8. The minimum atomic E-state index is -0.502. The van der Waals surface area contributed by atoms with Crippen LogP contribution in [-0.2, 0) is 4.74 Å². The fourth-order valence-electron chi connectivity index (χ4n) is 3.98. The Morgan fingerprint density at radius 3 is 1.60 bits per heavy atom. The lowest BCUT2D eigenvalue weighted by molar-refractivity contribution is 0.102. The number of carbonyl (C=O) groups is 1. The molecule has 0 spiro atoms. The molecule has 2 unspecified atom stereocenters. The van der Waals surface area contributed by atoms with Crippen LogP contribution in [-0.4, -0.2) is 46.2 Å². The van der Waals surface area contributed by atoms with Gasteiger partial charge in [-0.25, -0.2) is 4.79 Å². The number of rotatable bonds is 21. The summed E-state index contributed by atoms with van der Waals surface area (Å²) in [5.41, 5.74) is 0.716. The molecule has 0 saturated carbocycles. The number of ether oxygens (including phenoxy) is 1. The highest BCUT2D eigenvalue weighted by Gasteiger charge is 2.19. The summed E-state index contributed by atoms with van der Waals surface area (Å²) in [5.74, 6) is 0.723. The normalized spacial score (nSPS) is 13.6. The summed E-state index contributed by atoms with van der Waals surface area (Å²) < 4.78 is 5.61. The Morgan fingerprint density at radius 2 is 1.23 bits per heavy atom. The van der Waals surface area contributed by atoms with E-state index in [0.717, 1.165) is 12.3 Å². The minimum Gasteiger partial charge on any atom is -0.451 e. The molecule has 0 fully saturated rings. The first-order valence-corrected chi connectivity index (χ1v) is 15.2. The van der Waals surface area contributed by atoms with E-state index in [1.54, 1.807) is 14.1 Å². The highest BCUT2D eigenvalue weighted by molar-refractivity contribution is 6.41. The summed E-state index contributed by atoms with van der Waals surface area (Å²) in [6, 6.07) is 0. The molecule has 0 aromatic carbocycles. The Hall–Kier alpha value is -0.223. The zero-order valence-electron chi connectivity index (χ0n) is 20.7. The standard InChI is InChI=1S/C25H52ClNO2Si/c1-5-7-8-9-10-11-12-13-14-15-16-17-18-19-20-21-23(22-26)30-24(6-2)29-25(28)27(3)4/h23-24H,5-22,30H2,1-4H3. The van der Waals surface area contributed by atoms with E-state index < -0.39 is 9.52 Å². The molecular formula is C25H52ClNO2Si. The first kappa shape index (κ1) is 29.8. The number of amides is 1. The van der Waals surface area contributed by atoms with E-state index in [-0.39, 0.29) is 11.8 Å². The fourth-order valence-corrected chi connectivity index (χ4v) is 6.48. The van der Waals surface area contributed by atoms with Crippen molar-refractivity contribution >= 4 is 27.2 Å². The molecule has 0 aliphatic carbocycles. The van der Waals surface area contributed by atoms with Crippen LogP contribution in [0.1, 0.15) is 123 Å². The maximum atomic E-state index is 11.8. The number of alkyl halides is 1. The maximum Gasteiger partial charge on any atom is 0.409 e. The molecule has 0 bridgehead atoms. The summed E-state index contributed by atoms with van der Waals surface area (Å²) in [6.07, 6.45) is 22.9. The van der Waals surface area contributed by atoms with Crippen molar-refractivity contribution in [3.8, 4) is 0 Å². The Morgan fingerprint density at radius 1 is 0.800 bits per heavy atom. The van der Waals surface area contributed by atoms with E-state index in [9.17, 15) is 4.79 Å². The molecule has 0 saturated heterocycles. The Balaban J connectivity index is 3.55. The molecule has 0 aromatic heterocycles. The minimum absolute atomic E-state index is 0.125. The maximum absolute atomic E-state index is 11.8. The van der Waals surface area contributed by atoms with Gasteiger partial charge in [0.2, 0.25) is 0 Å². The van der Waals surface area contributed by atoms with Crippen LogP contribution in [0.25, 0.3) is 0 Å². The van der Waals surface area contributed by atoms with Crippen molar-refractivity contribution in [3.63, 3.8) is 0 Å². The van der Waals surface area contributed by atoms with Gasteiger partial charge in [-0.15, -0.1) is 11.6 Å². The average molecular weight is 462 g/mol. The second-order valence-corrected chi connectivity index (χ2v) is 12.1. The molecule has 0 rings (SSSR count). The number of carbonyl (C=O) groups excluding carboxylic acids is 1. The third kappa shape index (κ3) is 18.5. The quantitative estimate of drug-likeness (QED) is 0.0987. The zero-order valence-corrected chi connectivity index (χ0v) is 22.9.